The third kappa shape index (κ3) is 3.76. The second kappa shape index (κ2) is 7.04. The first-order valence-electron chi connectivity index (χ1n) is 6.81. The Labute approximate surface area is 111 Å². The zero-order valence-corrected chi connectivity index (χ0v) is 11.7. The van der Waals surface area contributed by atoms with Gasteiger partial charge in [0.05, 0.1) is 0 Å². The van der Waals surface area contributed by atoms with Crippen LogP contribution in [0.5, 0.6) is 0 Å². The highest BCUT2D eigenvalue weighted by molar-refractivity contribution is 5.95. The van der Waals surface area contributed by atoms with E-state index in [1.807, 2.05) is 12.1 Å². The van der Waals surface area contributed by atoms with E-state index in [0.29, 0.717) is 0 Å². The minimum Gasteiger partial charge on any atom is -0.384 e. The average molecular weight is 247 g/mol. The van der Waals surface area contributed by atoms with E-state index >= 15 is 0 Å². The van der Waals surface area contributed by atoms with E-state index in [9.17, 15) is 0 Å². The number of anilines is 1. The zero-order chi connectivity index (χ0) is 13.5. The van der Waals surface area contributed by atoms with Crippen LogP contribution in [0.25, 0.3) is 0 Å². The van der Waals surface area contributed by atoms with Crippen LogP contribution in [-0.2, 0) is 0 Å². The van der Waals surface area contributed by atoms with Crippen molar-refractivity contribution in [3.8, 4) is 0 Å². The zero-order valence-electron chi connectivity index (χ0n) is 11.7. The molecule has 0 saturated heterocycles. The summed E-state index contributed by atoms with van der Waals surface area (Å²) in [6.45, 7) is 8.79. The monoisotopic (exact) mass is 247 g/mol. The van der Waals surface area contributed by atoms with Crippen LogP contribution in [0.3, 0.4) is 0 Å². The Kier molecular flexibility index (Phi) is 5.69. The van der Waals surface area contributed by atoms with Crippen LogP contribution in [0.4, 0.5) is 5.69 Å². The largest absolute Gasteiger partial charge is 0.384 e. The van der Waals surface area contributed by atoms with Crippen LogP contribution >= 0.6 is 0 Å². The van der Waals surface area contributed by atoms with Crippen LogP contribution in [0, 0.1) is 11.3 Å². The number of nitrogen functional groups attached to an aromatic ring is 1. The number of benzene rings is 1. The predicted octanol–water partition coefficient (Wildman–Crippen LogP) is 3.23. The van der Waals surface area contributed by atoms with Crippen LogP contribution in [-0.4, -0.2) is 18.9 Å². The lowest BCUT2D eigenvalue weighted by molar-refractivity contribution is 0.486. The first-order valence-corrected chi connectivity index (χ1v) is 6.81. The number of hydrogen-bond acceptors (Lipinski definition) is 2. The van der Waals surface area contributed by atoms with Gasteiger partial charge in [-0.3, -0.25) is 5.41 Å². The molecule has 3 N–H and O–H groups in total. The summed E-state index contributed by atoms with van der Waals surface area (Å²) in [7, 11) is 0. The van der Waals surface area contributed by atoms with Gasteiger partial charge in [-0.25, -0.2) is 0 Å². The van der Waals surface area contributed by atoms with Crippen molar-refractivity contribution in [2.45, 2.75) is 33.6 Å². The molecule has 0 aromatic heterocycles. The van der Waals surface area contributed by atoms with Crippen LogP contribution < -0.4 is 10.6 Å². The molecule has 0 amide bonds. The van der Waals surface area contributed by atoms with Crippen molar-refractivity contribution in [3.63, 3.8) is 0 Å². The molecule has 0 radical (unpaired) electrons. The summed E-state index contributed by atoms with van der Waals surface area (Å²) < 4.78 is 0. The Hall–Kier alpha value is -1.51. The van der Waals surface area contributed by atoms with Crippen LogP contribution in [0.2, 0.25) is 0 Å². The van der Waals surface area contributed by atoms with Gasteiger partial charge < -0.3 is 10.6 Å². The molecule has 3 heteroatoms. The third-order valence-corrected chi connectivity index (χ3v) is 3.56. The number of rotatable bonds is 7. The van der Waals surface area contributed by atoms with Crippen LogP contribution in [0.1, 0.15) is 39.2 Å². The number of amidine groups is 1. The topological polar surface area (TPSA) is 53.1 Å². The van der Waals surface area contributed by atoms with E-state index in [-0.39, 0.29) is 5.84 Å². The number of nitrogens with one attached hydrogen (secondary N) is 1. The molecule has 0 bridgehead atoms. The lowest BCUT2D eigenvalue weighted by Gasteiger charge is -2.27. The number of hydrogen-bond donors (Lipinski definition) is 2. The highest BCUT2D eigenvalue weighted by Gasteiger charge is 2.10. The molecule has 0 unspecified atom stereocenters. The molecule has 0 aliphatic carbocycles. The minimum atomic E-state index is 0.129. The third-order valence-electron chi connectivity index (χ3n) is 3.56. The Bertz CT molecular complexity index is 366. The van der Waals surface area contributed by atoms with E-state index < -0.39 is 0 Å². The van der Waals surface area contributed by atoms with E-state index in [1.165, 1.54) is 18.5 Å². The molecule has 100 valence electrons. The van der Waals surface area contributed by atoms with Gasteiger partial charge in [-0.1, -0.05) is 26.7 Å². The van der Waals surface area contributed by atoms with Crippen molar-refractivity contribution >= 4 is 11.5 Å². The highest BCUT2D eigenvalue weighted by atomic mass is 15.1. The summed E-state index contributed by atoms with van der Waals surface area (Å²) in [5.41, 5.74) is 7.47. The standard InChI is InChI=1S/C15H25N3/c1-4-12(5-2)11-18(6-3)14-9-7-13(8-10-14)15(16)17/h7-10,12H,4-6,11H2,1-3H3,(H3,16,17). The first-order chi connectivity index (χ1) is 8.62. The molecule has 0 spiro atoms. The van der Waals surface area contributed by atoms with Crippen molar-refractivity contribution in [2.75, 3.05) is 18.0 Å². The fourth-order valence-corrected chi connectivity index (χ4v) is 2.13. The Morgan fingerprint density at radius 2 is 1.72 bits per heavy atom. The molecule has 0 aliphatic rings. The quantitative estimate of drug-likeness (QED) is 0.574. The minimum absolute atomic E-state index is 0.129. The SMILES string of the molecule is CCC(CC)CN(CC)c1ccc(C(=N)N)cc1. The Morgan fingerprint density at radius 1 is 1.17 bits per heavy atom. The number of nitrogens with two attached hydrogens (primary N) is 1. The lowest BCUT2D eigenvalue weighted by Crippen LogP contribution is -2.29. The molecule has 0 atom stereocenters. The highest BCUT2D eigenvalue weighted by Crippen LogP contribution is 2.19. The summed E-state index contributed by atoms with van der Waals surface area (Å²) in [6.07, 6.45) is 2.44. The normalized spacial score (nSPS) is 10.7. The number of nitrogens with zero attached hydrogens (tertiary/aromatic N) is 1. The Balaban J connectivity index is 2.78. The summed E-state index contributed by atoms with van der Waals surface area (Å²) >= 11 is 0. The van der Waals surface area contributed by atoms with E-state index in [2.05, 4.69) is 37.8 Å². The molecule has 18 heavy (non-hydrogen) atoms. The van der Waals surface area contributed by atoms with Crippen molar-refractivity contribution in [1.29, 1.82) is 5.41 Å². The maximum Gasteiger partial charge on any atom is 0.122 e. The molecule has 3 nitrogen and oxygen atoms in total. The summed E-state index contributed by atoms with van der Waals surface area (Å²) in [5, 5.41) is 7.39. The fourth-order valence-electron chi connectivity index (χ4n) is 2.13. The molecule has 1 rings (SSSR count). The van der Waals surface area contributed by atoms with Gasteiger partial charge in [0.15, 0.2) is 0 Å². The van der Waals surface area contributed by atoms with Crippen molar-refractivity contribution in [1.82, 2.24) is 0 Å². The molecular weight excluding hydrogens is 222 g/mol. The van der Waals surface area contributed by atoms with Gasteiger partial charge in [0.25, 0.3) is 0 Å². The van der Waals surface area contributed by atoms with Gasteiger partial charge in [0, 0.05) is 24.3 Å². The second-order valence-electron chi connectivity index (χ2n) is 4.68. The molecule has 0 fully saturated rings. The summed E-state index contributed by atoms with van der Waals surface area (Å²) in [4.78, 5) is 2.39. The average Bonchev–Trinajstić information content (AvgIpc) is 2.40. The smallest absolute Gasteiger partial charge is 0.122 e. The first kappa shape index (κ1) is 14.6. The Morgan fingerprint density at radius 3 is 2.11 bits per heavy atom. The van der Waals surface area contributed by atoms with Gasteiger partial charge in [-0.2, -0.15) is 0 Å². The van der Waals surface area contributed by atoms with Gasteiger partial charge in [-0.05, 0) is 37.1 Å². The van der Waals surface area contributed by atoms with Crippen molar-refractivity contribution in [2.24, 2.45) is 11.7 Å². The van der Waals surface area contributed by atoms with Crippen molar-refractivity contribution < 1.29 is 0 Å². The van der Waals surface area contributed by atoms with Gasteiger partial charge >= 0.3 is 0 Å². The molecule has 1 aromatic rings. The maximum absolute atomic E-state index is 7.39. The van der Waals surface area contributed by atoms with Crippen molar-refractivity contribution in [3.05, 3.63) is 29.8 Å². The second-order valence-corrected chi connectivity index (χ2v) is 4.68. The van der Waals surface area contributed by atoms with Gasteiger partial charge in [0.1, 0.15) is 5.84 Å². The van der Waals surface area contributed by atoms with Crippen LogP contribution in [0.15, 0.2) is 24.3 Å². The van der Waals surface area contributed by atoms with Gasteiger partial charge in [-0.15, -0.1) is 0 Å². The fraction of sp³-hybridized carbons (Fsp3) is 0.533. The maximum atomic E-state index is 7.39. The summed E-state index contributed by atoms with van der Waals surface area (Å²) in [5.74, 6) is 0.877. The lowest BCUT2D eigenvalue weighted by atomic mass is 10.0. The molecule has 0 heterocycles. The summed E-state index contributed by atoms with van der Waals surface area (Å²) in [6, 6.07) is 7.96. The van der Waals surface area contributed by atoms with Gasteiger partial charge in [0.2, 0.25) is 0 Å². The molecular formula is C15H25N3. The van der Waals surface area contributed by atoms with E-state index in [1.54, 1.807) is 0 Å². The predicted molar refractivity (Wildman–Crippen MR) is 79.4 cm³/mol. The molecule has 0 aliphatic heterocycles. The molecule has 0 saturated carbocycles. The van der Waals surface area contributed by atoms with E-state index in [4.69, 9.17) is 11.1 Å². The molecule has 1 aromatic carbocycles. The van der Waals surface area contributed by atoms with E-state index in [0.717, 1.165) is 24.6 Å².